The number of hydrogen-bond acceptors (Lipinski definition) is 6. The molecule has 0 amide bonds. The molecule has 1 aromatic heterocycles. The smallest absolute Gasteiger partial charge is 0.293 e. The number of nitrogens with one attached hydrogen (secondary N) is 1. The largest absolute Gasteiger partial charge is 0.436 e. The van der Waals surface area contributed by atoms with E-state index in [4.69, 9.17) is 4.42 Å². The van der Waals surface area contributed by atoms with Gasteiger partial charge in [0, 0.05) is 17.7 Å². The van der Waals surface area contributed by atoms with Gasteiger partial charge in [-0.3, -0.25) is 10.1 Å². The van der Waals surface area contributed by atoms with Gasteiger partial charge in [0.05, 0.1) is 11.5 Å². The highest BCUT2D eigenvalue weighted by atomic mass is 16.6. The zero-order chi connectivity index (χ0) is 17.1. The van der Waals surface area contributed by atoms with Crippen molar-refractivity contribution in [1.29, 1.82) is 0 Å². The SMILES string of the molecule is CCC(CO)Nc1ccc(-c2nc3ccccc3o2)cc1[N+](=O)[O-]. The molecule has 0 aliphatic carbocycles. The maximum Gasteiger partial charge on any atom is 0.293 e. The number of rotatable bonds is 6. The first-order chi connectivity index (χ1) is 11.6. The summed E-state index contributed by atoms with van der Waals surface area (Å²) in [6.45, 7) is 1.80. The van der Waals surface area contributed by atoms with Crippen molar-refractivity contribution < 1.29 is 14.4 Å². The molecule has 0 spiro atoms. The number of aliphatic hydroxyl groups is 1. The fraction of sp³-hybridized carbons (Fsp3) is 0.235. The molecule has 0 aliphatic heterocycles. The van der Waals surface area contributed by atoms with Crippen LogP contribution in [0.2, 0.25) is 0 Å². The fourth-order valence-electron chi connectivity index (χ4n) is 2.43. The summed E-state index contributed by atoms with van der Waals surface area (Å²) in [6.07, 6.45) is 0.653. The van der Waals surface area contributed by atoms with Gasteiger partial charge >= 0.3 is 0 Å². The molecule has 0 fully saturated rings. The number of anilines is 1. The van der Waals surface area contributed by atoms with Crippen molar-refractivity contribution in [2.75, 3.05) is 11.9 Å². The van der Waals surface area contributed by atoms with Crippen LogP contribution in [0.4, 0.5) is 11.4 Å². The molecule has 24 heavy (non-hydrogen) atoms. The van der Waals surface area contributed by atoms with Crippen LogP contribution in [-0.4, -0.2) is 27.7 Å². The number of fused-ring (bicyclic) bond motifs is 1. The van der Waals surface area contributed by atoms with Gasteiger partial charge in [0.15, 0.2) is 5.58 Å². The highest BCUT2D eigenvalue weighted by molar-refractivity contribution is 5.77. The van der Waals surface area contributed by atoms with Gasteiger partial charge in [0.25, 0.3) is 5.69 Å². The minimum absolute atomic E-state index is 0.0818. The van der Waals surface area contributed by atoms with E-state index < -0.39 is 4.92 Å². The Labute approximate surface area is 138 Å². The van der Waals surface area contributed by atoms with Gasteiger partial charge in [0.1, 0.15) is 11.2 Å². The van der Waals surface area contributed by atoms with E-state index in [9.17, 15) is 15.2 Å². The molecule has 0 saturated heterocycles. The molecule has 7 nitrogen and oxygen atoms in total. The average molecular weight is 327 g/mol. The summed E-state index contributed by atoms with van der Waals surface area (Å²) in [4.78, 5) is 15.3. The minimum atomic E-state index is -0.460. The number of nitro benzene ring substituents is 1. The lowest BCUT2D eigenvalue weighted by Gasteiger charge is -2.15. The maximum absolute atomic E-state index is 11.4. The number of hydrogen-bond donors (Lipinski definition) is 2. The molecule has 2 aromatic carbocycles. The molecule has 0 radical (unpaired) electrons. The predicted molar refractivity (Wildman–Crippen MR) is 90.9 cm³/mol. The zero-order valence-electron chi connectivity index (χ0n) is 13.1. The highest BCUT2D eigenvalue weighted by Gasteiger charge is 2.19. The van der Waals surface area contributed by atoms with Gasteiger partial charge in [-0.25, -0.2) is 4.98 Å². The van der Waals surface area contributed by atoms with Crippen LogP contribution in [0.1, 0.15) is 13.3 Å². The Morgan fingerprint density at radius 1 is 1.33 bits per heavy atom. The van der Waals surface area contributed by atoms with Gasteiger partial charge in [-0.2, -0.15) is 0 Å². The van der Waals surface area contributed by atoms with Crippen LogP contribution in [-0.2, 0) is 0 Å². The molecule has 124 valence electrons. The zero-order valence-corrected chi connectivity index (χ0v) is 13.1. The molecule has 3 rings (SSSR count). The van der Waals surface area contributed by atoms with Gasteiger partial charge in [0.2, 0.25) is 5.89 Å². The van der Waals surface area contributed by atoms with E-state index in [1.807, 2.05) is 25.1 Å². The van der Waals surface area contributed by atoms with Crippen molar-refractivity contribution in [2.24, 2.45) is 0 Å². The fourth-order valence-corrected chi connectivity index (χ4v) is 2.43. The number of nitro groups is 1. The summed E-state index contributed by atoms with van der Waals surface area (Å²) in [6, 6.07) is 11.8. The van der Waals surface area contributed by atoms with E-state index in [1.54, 1.807) is 18.2 Å². The van der Waals surface area contributed by atoms with Crippen LogP contribution in [0.25, 0.3) is 22.6 Å². The molecular weight excluding hydrogens is 310 g/mol. The lowest BCUT2D eigenvalue weighted by Crippen LogP contribution is -2.23. The molecule has 0 aliphatic rings. The summed E-state index contributed by atoms with van der Waals surface area (Å²) in [7, 11) is 0. The quantitative estimate of drug-likeness (QED) is 0.530. The van der Waals surface area contributed by atoms with Crippen molar-refractivity contribution in [3.8, 4) is 11.5 Å². The number of nitrogens with zero attached hydrogens (tertiary/aromatic N) is 2. The molecule has 1 atom stereocenters. The van der Waals surface area contributed by atoms with E-state index in [-0.39, 0.29) is 18.3 Å². The van der Waals surface area contributed by atoms with Crippen molar-refractivity contribution in [3.63, 3.8) is 0 Å². The average Bonchev–Trinajstić information content (AvgIpc) is 3.03. The van der Waals surface area contributed by atoms with Crippen LogP contribution in [0.15, 0.2) is 46.9 Å². The van der Waals surface area contributed by atoms with Crippen molar-refractivity contribution >= 4 is 22.5 Å². The Bertz CT molecular complexity index is 838. The number of benzene rings is 2. The van der Waals surface area contributed by atoms with Crippen LogP contribution >= 0.6 is 0 Å². The first-order valence-electron chi connectivity index (χ1n) is 7.64. The number of para-hydroxylation sites is 2. The van der Waals surface area contributed by atoms with Crippen LogP contribution in [0.3, 0.4) is 0 Å². The number of aromatic nitrogens is 1. The van der Waals surface area contributed by atoms with Crippen molar-refractivity contribution in [1.82, 2.24) is 4.98 Å². The van der Waals surface area contributed by atoms with Gasteiger partial charge < -0.3 is 14.8 Å². The van der Waals surface area contributed by atoms with Gasteiger partial charge in [-0.05, 0) is 30.7 Å². The van der Waals surface area contributed by atoms with E-state index in [1.165, 1.54) is 6.07 Å². The van der Waals surface area contributed by atoms with Crippen molar-refractivity contribution in [3.05, 3.63) is 52.6 Å². The third-order valence-corrected chi connectivity index (χ3v) is 3.81. The molecule has 0 bridgehead atoms. The van der Waals surface area contributed by atoms with Crippen LogP contribution in [0.5, 0.6) is 0 Å². The Balaban J connectivity index is 2.00. The van der Waals surface area contributed by atoms with E-state index in [2.05, 4.69) is 10.3 Å². The minimum Gasteiger partial charge on any atom is -0.436 e. The normalized spacial score (nSPS) is 12.2. The second-order valence-electron chi connectivity index (χ2n) is 5.41. The van der Waals surface area contributed by atoms with Crippen molar-refractivity contribution in [2.45, 2.75) is 19.4 Å². The first-order valence-corrected chi connectivity index (χ1v) is 7.64. The number of aliphatic hydroxyl groups excluding tert-OH is 1. The molecule has 2 N–H and O–H groups in total. The molecule has 0 saturated carbocycles. The van der Waals surface area contributed by atoms with E-state index in [0.717, 1.165) is 0 Å². The molecular formula is C17H17N3O4. The Morgan fingerprint density at radius 2 is 2.12 bits per heavy atom. The number of oxazole rings is 1. The third kappa shape index (κ3) is 3.07. The summed E-state index contributed by atoms with van der Waals surface area (Å²) >= 11 is 0. The Morgan fingerprint density at radius 3 is 2.79 bits per heavy atom. The second kappa shape index (κ2) is 6.67. The van der Waals surface area contributed by atoms with E-state index in [0.29, 0.717) is 34.7 Å². The third-order valence-electron chi connectivity index (χ3n) is 3.81. The molecule has 1 unspecified atom stereocenters. The standard InChI is InChI=1S/C17H17N3O4/c1-2-12(10-21)18-13-8-7-11(9-15(13)20(22)23)17-19-14-5-3-4-6-16(14)24-17/h3-9,12,18,21H,2,10H2,1H3. The molecule has 3 aromatic rings. The summed E-state index contributed by atoms with van der Waals surface area (Å²) in [5.74, 6) is 0.333. The first kappa shape index (κ1) is 15.9. The van der Waals surface area contributed by atoms with Gasteiger partial charge in [-0.1, -0.05) is 19.1 Å². The van der Waals surface area contributed by atoms with Gasteiger partial charge in [-0.15, -0.1) is 0 Å². The monoisotopic (exact) mass is 327 g/mol. The van der Waals surface area contributed by atoms with E-state index >= 15 is 0 Å². The topological polar surface area (TPSA) is 101 Å². The van der Waals surface area contributed by atoms with Crippen LogP contribution < -0.4 is 5.32 Å². The summed E-state index contributed by atoms with van der Waals surface area (Å²) in [5.41, 5.74) is 2.13. The summed E-state index contributed by atoms with van der Waals surface area (Å²) in [5, 5.41) is 23.7. The predicted octanol–water partition coefficient (Wildman–Crippen LogP) is 3.59. The Kier molecular flexibility index (Phi) is 4.43. The maximum atomic E-state index is 11.4. The molecule has 1 heterocycles. The molecule has 7 heteroatoms. The summed E-state index contributed by atoms with van der Waals surface area (Å²) < 4.78 is 5.66. The lowest BCUT2D eigenvalue weighted by molar-refractivity contribution is -0.383. The Hall–Kier alpha value is -2.93. The lowest BCUT2D eigenvalue weighted by atomic mass is 10.1. The second-order valence-corrected chi connectivity index (χ2v) is 5.41. The highest BCUT2D eigenvalue weighted by Crippen LogP contribution is 2.32. The van der Waals surface area contributed by atoms with Crippen LogP contribution in [0, 0.1) is 10.1 Å².